The summed E-state index contributed by atoms with van der Waals surface area (Å²) >= 11 is 0. The Balaban J connectivity index is 1.86. The number of nitrogens with zero attached hydrogens (tertiary/aromatic N) is 2. The molecule has 0 saturated heterocycles. The van der Waals surface area contributed by atoms with Crippen molar-refractivity contribution < 1.29 is 28.8 Å². The van der Waals surface area contributed by atoms with Crippen molar-refractivity contribution in [3.8, 4) is 39.8 Å². The largest absolute Gasteiger partial charge is 0.507 e. The molecule has 10 heteroatoms. The summed E-state index contributed by atoms with van der Waals surface area (Å²) in [5, 5.41) is 11.6. The lowest BCUT2D eigenvalue weighted by Gasteiger charge is -2.20. The number of methoxy groups -OCH3 is 3. The molecule has 0 aliphatic heterocycles. The highest BCUT2D eigenvalue weighted by atomic mass is 16.5. The number of benzene rings is 3. The Morgan fingerprint density at radius 3 is 2.37 bits per heavy atom. The maximum atomic E-state index is 14.1. The average molecular weight is 554 g/mol. The lowest BCUT2D eigenvalue weighted by atomic mass is 9.95. The van der Waals surface area contributed by atoms with Gasteiger partial charge in [-0.2, -0.15) is 0 Å². The van der Waals surface area contributed by atoms with Crippen LogP contribution in [0.25, 0.3) is 27.6 Å². The van der Waals surface area contributed by atoms with Crippen LogP contribution in [0.3, 0.4) is 0 Å². The zero-order valence-corrected chi connectivity index (χ0v) is 22.6. The molecule has 2 aromatic heterocycles. The van der Waals surface area contributed by atoms with E-state index < -0.39 is 11.5 Å². The molecular formula is C31H27N3O7. The molecule has 2 heterocycles. The normalized spacial score (nSPS) is 10.8. The van der Waals surface area contributed by atoms with E-state index in [9.17, 15) is 14.7 Å². The van der Waals surface area contributed by atoms with E-state index in [4.69, 9.17) is 24.7 Å². The van der Waals surface area contributed by atoms with Crippen LogP contribution in [0.2, 0.25) is 0 Å². The Morgan fingerprint density at radius 2 is 1.71 bits per heavy atom. The minimum Gasteiger partial charge on any atom is -0.507 e. The van der Waals surface area contributed by atoms with Gasteiger partial charge in [-0.05, 0) is 60.2 Å². The van der Waals surface area contributed by atoms with Gasteiger partial charge in [-0.25, -0.2) is 4.79 Å². The molecule has 0 atom stereocenters. The van der Waals surface area contributed by atoms with Crippen molar-refractivity contribution in [1.29, 1.82) is 0 Å². The number of carbonyl (C=O) groups excluding carboxylic acids is 1. The molecular weight excluding hydrogens is 526 g/mol. The van der Waals surface area contributed by atoms with E-state index in [-0.39, 0.29) is 40.1 Å². The molecule has 5 aromatic rings. The number of carbonyl (C=O) groups is 1. The molecule has 0 bridgehead atoms. The maximum absolute atomic E-state index is 14.1. The first kappa shape index (κ1) is 27.1. The predicted molar refractivity (Wildman–Crippen MR) is 154 cm³/mol. The molecule has 3 N–H and O–H groups in total. The van der Waals surface area contributed by atoms with Gasteiger partial charge < -0.3 is 29.8 Å². The molecule has 41 heavy (non-hydrogen) atoms. The van der Waals surface area contributed by atoms with Gasteiger partial charge in [0.05, 0.1) is 32.4 Å². The molecule has 0 aliphatic rings. The van der Waals surface area contributed by atoms with Gasteiger partial charge in [-0.15, -0.1) is 0 Å². The quantitative estimate of drug-likeness (QED) is 0.207. The highest BCUT2D eigenvalue weighted by Gasteiger charge is 2.28. The van der Waals surface area contributed by atoms with Crippen molar-refractivity contribution in [2.75, 3.05) is 27.1 Å². The molecule has 208 valence electrons. The fraction of sp³-hybridized carbons (Fsp3) is 0.129. The van der Waals surface area contributed by atoms with Crippen LogP contribution in [0.1, 0.15) is 16.2 Å². The standard InChI is InChI=1S/C31H27N3O7/c1-38-25-12-7-18(14-26(25)39-2)27-28-23(15-22(16-24(28)35)41-17-20-6-4-5-13-33-20)30(36)34(29(27)31(37)40-3)21-10-8-19(32)9-11-21/h4-16,35H,17,32H2,1-3H3. The van der Waals surface area contributed by atoms with Crippen molar-refractivity contribution in [1.82, 2.24) is 9.55 Å². The summed E-state index contributed by atoms with van der Waals surface area (Å²) in [6.45, 7) is 0.112. The number of nitrogens with two attached hydrogens (primary N) is 1. The van der Waals surface area contributed by atoms with E-state index in [0.29, 0.717) is 34.1 Å². The van der Waals surface area contributed by atoms with Gasteiger partial charge in [-0.1, -0.05) is 12.1 Å². The Labute approximate surface area is 235 Å². The Kier molecular flexibility index (Phi) is 7.47. The van der Waals surface area contributed by atoms with E-state index in [1.807, 2.05) is 6.07 Å². The number of aromatic nitrogens is 2. The molecule has 0 radical (unpaired) electrons. The van der Waals surface area contributed by atoms with Gasteiger partial charge in [0.2, 0.25) is 0 Å². The topological polar surface area (TPSA) is 135 Å². The molecule has 0 saturated carbocycles. The zero-order valence-electron chi connectivity index (χ0n) is 22.6. The minimum absolute atomic E-state index is 0.0977. The fourth-order valence-corrected chi connectivity index (χ4v) is 4.64. The number of pyridine rings is 2. The molecule has 0 aliphatic carbocycles. The summed E-state index contributed by atoms with van der Waals surface area (Å²) in [4.78, 5) is 31.8. The average Bonchev–Trinajstić information content (AvgIpc) is 3.00. The summed E-state index contributed by atoms with van der Waals surface area (Å²) in [5.74, 6) is 0.0247. The molecule has 5 rings (SSSR count). The molecule has 10 nitrogen and oxygen atoms in total. The number of ether oxygens (including phenoxy) is 4. The first-order valence-corrected chi connectivity index (χ1v) is 12.5. The number of fused-ring (bicyclic) bond motifs is 1. The lowest BCUT2D eigenvalue weighted by Crippen LogP contribution is -2.27. The third-order valence-electron chi connectivity index (χ3n) is 6.55. The smallest absolute Gasteiger partial charge is 0.355 e. The molecule has 0 unspecified atom stereocenters. The first-order valence-electron chi connectivity index (χ1n) is 12.5. The van der Waals surface area contributed by atoms with Gasteiger partial charge in [0.1, 0.15) is 23.8 Å². The Hall–Kier alpha value is -5.51. The summed E-state index contributed by atoms with van der Waals surface area (Å²) in [6.07, 6.45) is 1.64. The van der Waals surface area contributed by atoms with Crippen molar-refractivity contribution in [2.45, 2.75) is 6.61 Å². The van der Waals surface area contributed by atoms with E-state index >= 15 is 0 Å². The molecule has 3 aromatic carbocycles. The third kappa shape index (κ3) is 5.10. The number of phenols is 1. The van der Waals surface area contributed by atoms with Gasteiger partial charge in [0.15, 0.2) is 11.5 Å². The van der Waals surface area contributed by atoms with E-state index in [1.165, 1.54) is 38.0 Å². The van der Waals surface area contributed by atoms with Crippen molar-refractivity contribution in [2.24, 2.45) is 0 Å². The summed E-state index contributed by atoms with van der Waals surface area (Å²) < 4.78 is 23.2. The van der Waals surface area contributed by atoms with E-state index in [0.717, 1.165) is 0 Å². The number of rotatable bonds is 8. The van der Waals surface area contributed by atoms with Crippen LogP contribution < -0.4 is 25.5 Å². The van der Waals surface area contributed by atoms with E-state index in [2.05, 4.69) is 4.98 Å². The second kappa shape index (κ2) is 11.3. The molecule has 0 spiro atoms. The predicted octanol–water partition coefficient (Wildman–Crippen LogP) is 4.72. The van der Waals surface area contributed by atoms with Crippen LogP contribution in [0.5, 0.6) is 23.0 Å². The monoisotopic (exact) mass is 553 g/mol. The third-order valence-corrected chi connectivity index (χ3v) is 6.55. The number of esters is 1. The van der Waals surface area contributed by atoms with Crippen molar-refractivity contribution >= 4 is 22.4 Å². The molecule has 0 amide bonds. The Bertz CT molecular complexity index is 1800. The second-order valence-electron chi connectivity index (χ2n) is 8.99. The minimum atomic E-state index is -0.791. The van der Waals surface area contributed by atoms with Gasteiger partial charge >= 0.3 is 5.97 Å². The van der Waals surface area contributed by atoms with Gasteiger partial charge in [0.25, 0.3) is 5.56 Å². The van der Waals surface area contributed by atoms with E-state index in [1.54, 1.807) is 60.8 Å². The fourth-order valence-electron chi connectivity index (χ4n) is 4.64. The van der Waals surface area contributed by atoms with Crippen LogP contribution in [-0.4, -0.2) is 42.0 Å². The highest BCUT2D eigenvalue weighted by molar-refractivity contribution is 6.10. The highest BCUT2D eigenvalue weighted by Crippen LogP contribution is 2.42. The summed E-state index contributed by atoms with van der Waals surface area (Å²) in [7, 11) is 4.21. The van der Waals surface area contributed by atoms with Crippen LogP contribution in [-0.2, 0) is 11.3 Å². The van der Waals surface area contributed by atoms with Gasteiger partial charge in [-0.3, -0.25) is 14.3 Å². The number of anilines is 1. The van der Waals surface area contributed by atoms with Crippen LogP contribution in [0.4, 0.5) is 5.69 Å². The Morgan fingerprint density at radius 1 is 0.951 bits per heavy atom. The number of nitrogen functional groups attached to an aromatic ring is 1. The zero-order chi connectivity index (χ0) is 29.1. The number of hydrogen-bond acceptors (Lipinski definition) is 9. The lowest BCUT2D eigenvalue weighted by molar-refractivity contribution is 0.0591. The van der Waals surface area contributed by atoms with Crippen LogP contribution in [0, 0.1) is 0 Å². The van der Waals surface area contributed by atoms with Crippen LogP contribution >= 0.6 is 0 Å². The van der Waals surface area contributed by atoms with Crippen LogP contribution in [0.15, 0.2) is 83.8 Å². The van der Waals surface area contributed by atoms with Crippen molar-refractivity contribution in [3.63, 3.8) is 0 Å². The SMILES string of the molecule is COC(=O)c1c(-c2ccc(OC)c(OC)c2)c2c(O)cc(OCc3ccccn3)cc2c(=O)n1-c1ccc(N)cc1. The molecule has 0 fully saturated rings. The summed E-state index contributed by atoms with van der Waals surface area (Å²) in [6, 6.07) is 19.8. The second-order valence-corrected chi connectivity index (χ2v) is 8.99. The maximum Gasteiger partial charge on any atom is 0.355 e. The summed E-state index contributed by atoms with van der Waals surface area (Å²) in [5.41, 5.74) is 7.45. The van der Waals surface area contributed by atoms with Gasteiger partial charge in [0, 0.05) is 34.6 Å². The first-order chi connectivity index (χ1) is 19.9. The number of hydrogen-bond donors (Lipinski definition) is 2. The number of phenolic OH excluding ortho intramolecular Hbond substituents is 1. The van der Waals surface area contributed by atoms with Crippen molar-refractivity contribution in [3.05, 3.63) is 101 Å². The number of aromatic hydroxyl groups is 1.